The molecule has 7 nitrogen and oxygen atoms in total. The second-order valence-corrected chi connectivity index (χ2v) is 5.26. The molecular formula is C17H13ClFN3O4. The molecule has 0 aliphatic heterocycles. The summed E-state index contributed by atoms with van der Waals surface area (Å²) < 4.78 is 23.2. The largest absolute Gasteiger partial charge is 0.482 e. The molecule has 0 aliphatic carbocycles. The Morgan fingerprint density at radius 1 is 1.04 bits per heavy atom. The number of carbonyl (C=O) groups excluding carboxylic acids is 2. The maximum atomic E-state index is 12.9. The van der Waals surface area contributed by atoms with Crippen LogP contribution in [0.15, 0.2) is 42.5 Å². The van der Waals surface area contributed by atoms with Gasteiger partial charge >= 0.3 is 0 Å². The van der Waals surface area contributed by atoms with Crippen molar-refractivity contribution in [2.45, 2.75) is 0 Å². The SMILES string of the molecule is N#Cc1ccccc1OCC(=O)NNC(=O)COc1ccc(F)cc1Cl. The van der Waals surface area contributed by atoms with Crippen LogP contribution in [0.2, 0.25) is 5.02 Å². The molecule has 26 heavy (non-hydrogen) atoms. The summed E-state index contributed by atoms with van der Waals surface area (Å²) in [6, 6.07) is 11.8. The first-order chi connectivity index (χ1) is 12.5. The van der Waals surface area contributed by atoms with E-state index in [1.165, 1.54) is 6.07 Å². The third-order valence-electron chi connectivity index (χ3n) is 2.96. The van der Waals surface area contributed by atoms with Gasteiger partial charge in [0.05, 0.1) is 10.6 Å². The van der Waals surface area contributed by atoms with Gasteiger partial charge in [0.15, 0.2) is 13.2 Å². The number of benzene rings is 2. The van der Waals surface area contributed by atoms with E-state index in [2.05, 4.69) is 10.9 Å². The van der Waals surface area contributed by atoms with Gasteiger partial charge < -0.3 is 9.47 Å². The van der Waals surface area contributed by atoms with Gasteiger partial charge in [-0.2, -0.15) is 5.26 Å². The van der Waals surface area contributed by atoms with Crippen molar-refractivity contribution < 1.29 is 23.5 Å². The Morgan fingerprint density at radius 3 is 2.27 bits per heavy atom. The smallest absolute Gasteiger partial charge is 0.276 e. The van der Waals surface area contributed by atoms with Gasteiger partial charge in [0.25, 0.3) is 11.8 Å². The number of ether oxygens (including phenoxy) is 2. The zero-order valence-corrected chi connectivity index (χ0v) is 14.0. The summed E-state index contributed by atoms with van der Waals surface area (Å²) in [7, 11) is 0. The van der Waals surface area contributed by atoms with Crippen LogP contribution in [0.1, 0.15) is 5.56 Å². The Labute approximate surface area is 153 Å². The average Bonchev–Trinajstić information content (AvgIpc) is 2.64. The molecule has 0 saturated carbocycles. The van der Waals surface area contributed by atoms with Crippen LogP contribution in [0.5, 0.6) is 11.5 Å². The number of nitrogens with one attached hydrogen (secondary N) is 2. The molecule has 0 unspecified atom stereocenters. The Balaban J connectivity index is 1.73. The lowest BCUT2D eigenvalue weighted by Crippen LogP contribution is -2.45. The van der Waals surface area contributed by atoms with E-state index in [9.17, 15) is 14.0 Å². The van der Waals surface area contributed by atoms with Gasteiger partial charge in [0.2, 0.25) is 0 Å². The lowest BCUT2D eigenvalue weighted by Gasteiger charge is -2.10. The van der Waals surface area contributed by atoms with Gasteiger partial charge in [0, 0.05) is 0 Å². The summed E-state index contributed by atoms with van der Waals surface area (Å²) in [6.07, 6.45) is 0. The highest BCUT2D eigenvalue weighted by atomic mass is 35.5. The number of rotatable bonds is 6. The molecule has 0 atom stereocenters. The highest BCUT2D eigenvalue weighted by Gasteiger charge is 2.09. The van der Waals surface area contributed by atoms with Crippen molar-refractivity contribution in [2.24, 2.45) is 0 Å². The summed E-state index contributed by atoms with van der Waals surface area (Å²) in [4.78, 5) is 23.3. The first-order valence-electron chi connectivity index (χ1n) is 7.27. The van der Waals surface area contributed by atoms with E-state index in [0.717, 1.165) is 12.1 Å². The molecule has 0 fully saturated rings. The molecule has 2 aromatic carbocycles. The molecule has 2 N–H and O–H groups in total. The summed E-state index contributed by atoms with van der Waals surface area (Å²) in [5, 5.41) is 8.94. The van der Waals surface area contributed by atoms with E-state index < -0.39 is 30.8 Å². The third kappa shape index (κ3) is 5.65. The van der Waals surface area contributed by atoms with Crippen molar-refractivity contribution in [1.29, 1.82) is 5.26 Å². The van der Waals surface area contributed by atoms with Crippen LogP contribution in [0.25, 0.3) is 0 Å². The Bertz CT molecular complexity index is 854. The number of para-hydroxylation sites is 1. The molecule has 134 valence electrons. The maximum absolute atomic E-state index is 12.9. The summed E-state index contributed by atoms with van der Waals surface area (Å²) in [5.74, 6) is -1.43. The zero-order chi connectivity index (χ0) is 18.9. The van der Waals surface area contributed by atoms with Gasteiger partial charge in [0.1, 0.15) is 23.4 Å². The first-order valence-corrected chi connectivity index (χ1v) is 7.65. The second kappa shape index (κ2) is 9.25. The second-order valence-electron chi connectivity index (χ2n) is 4.86. The zero-order valence-electron chi connectivity index (χ0n) is 13.3. The highest BCUT2D eigenvalue weighted by molar-refractivity contribution is 6.32. The van der Waals surface area contributed by atoms with Crippen LogP contribution in [-0.2, 0) is 9.59 Å². The predicted molar refractivity (Wildman–Crippen MR) is 89.8 cm³/mol. The average molecular weight is 378 g/mol. The fraction of sp³-hybridized carbons (Fsp3) is 0.118. The molecule has 0 heterocycles. The van der Waals surface area contributed by atoms with E-state index in [4.69, 9.17) is 26.3 Å². The van der Waals surface area contributed by atoms with Gasteiger partial charge in [-0.3, -0.25) is 20.4 Å². The minimum Gasteiger partial charge on any atom is -0.482 e. The van der Waals surface area contributed by atoms with E-state index in [0.29, 0.717) is 0 Å². The van der Waals surface area contributed by atoms with E-state index >= 15 is 0 Å². The molecule has 9 heteroatoms. The highest BCUT2D eigenvalue weighted by Crippen LogP contribution is 2.24. The van der Waals surface area contributed by atoms with Crippen LogP contribution in [0.4, 0.5) is 4.39 Å². The standard InChI is InChI=1S/C17H13ClFN3O4/c18-13-7-12(19)5-6-15(13)26-10-17(24)22-21-16(23)9-25-14-4-2-1-3-11(14)8-20/h1-7H,9-10H2,(H,21,23)(H,22,24). The van der Waals surface area contributed by atoms with Gasteiger partial charge in [-0.25, -0.2) is 4.39 Å². The van der Waals surface area contributed by atoms with Crippen molar-refractivity contribution in [3.05, 3.63) is 58.9 Å². The van der Waals surface area contributed by atoms with Crippen molar-refractivity contribution in [1.82, 2.24) is 10.9 Å². The van der Waals surface area contributed by atoms with Crippen molar-refractivity contribution in [2.75, 3.05) is 13.2 Å². The topological polar surface area (TPSA) is 100 Å². The molecule has 0 bridgehead atoms. The number of hydrogen-bond acceptors (Lipinski definition) is 5. The number of hydrazine groups is 1. The normalized spacial score (nSPS) is 9.73. The Kier molecular flexibility index (Phi) is 6.76. The minimum atomic E-state index is -0.656. The molecule has 0 aromatic heterocycles. The fourth-order valence-electron chi connectivity index (χ4n) is 1.78. The molecular weight excluding hydrogens is 365 g/mol. The summed E-state index contributed by atoms with van der Waals surface area (Å²) >= 11 is 5.76. The van der Waals surface area contributed by atoms with Crippen LogP contribution < -0.4 is 20.3 Å². The number of halogens is 2. The van der Waals surface area contributed by atoms with Gasteiger partial charge in [-0.05, 0) is 30.3 Å². The van der Waals surface area contributed by atoms with Crippen molar-refractivity contribution in [3.8, 4) is 17.6 Å². The number of carbonyl (C=O) groups is 2. The van der Waals surface area contributed by atoms with Gasteiger partial charge in [-0.15, -0.1) is 0 Å². The van der Waals surface area contributed by atoms with Crippen LogP contribution in [-0.4, -0.2) is 25.0 Å². The quantitative estimate of drug-likeness (QED) is 0.749. The van der Waals surface area contributed by atoms with E-state index in [1.807, 2.05) is 6.07 Å². The number of amides is 2. The van der Waals surface area contributed by atoms with Crippen LogP contribution in [0, 0.1) is 17.1 Å². The van der Waals surface area contributed by atoms with E-state index in [-0.39, 0.29) is 22.1 Å². The molecule has 2 amide bonds. The molecule has 0 saturated heterocycles. The number of hydrogen-bond donors (Lipinski definition) is 2. The summed E-state index contributed by atoms with van der Waals surface area (Å²) in [5.41, 5.74) is 4.54. The van der Waals surface area contributed by atoms with Gasteiger partial charge in [-0.1, -0.05) is 23.7 Å². The lowest BCUT2D eigenvalue weighted by atomic mass is 10.2. The number of nitriles is 1. The van der Waals surface area contributed by atoms with Crippen LogP contribution >= 0.6 is 11.6 Å². The lowest BCUT2D eigenvalue weighted by molar-refractivity contribution is -0.131. The maximum Gasteiger partial charge on any atom is 0.276 e. The van der Waals surface area contributed by atoms with Crippen LogP contribution in [0.3, 0.4) is 0 Å². The predicted octanol–water partition coefficient (Wildman–Crippen LogP) is 1.96. The van der Waals surface area contributed by atoms with Crippen molar-refractivity contribution in [3.63, 3.8) is 0 Å². The summed E-state index contributed by atoms with van der Waals surface area (Å²) in [6.45, 7) is -0.840. The minimum absolute atomic E-state index is 0.0198. The molecule has 0 aliphatic rings. The molecule has 2 aromatic rings. The number of nitrogens with zero attached hydrogens (tertiary/aromatic N) is 1. The molecule has 0 spiro atoms. The third-order valence-corrected chi connectivity index (χ3v) is 3.26. The Morgan fingerprint density at radius 2 is 1.65 bits per heavy atom. The Hall–Kier alpha value is -3.31. The molecule has 0 radical (unpaired) electrons. The van der Waals surface area contributed by atoms with Crippen molar-refractivity contribution >= 4 is 23.4 Å². The molecule has 2 rings (SSSR count). The van der Waals surface area contributed by atoms with E-state index in [1.54, 1.807) is 24.3 Å². The monoisotopic (exact) mass is 377 g/mol. The fourth-order valence-corrected chi connectivity index (χ4v) is 2.00. The first kappa shape index (κ1) is 19.0.